The molecular weight excluding hydrogens is 302 g/mol. The fourth-order valence-corrected chi connectivity index (χ4v) is 1.59. The number of alkyl halides is 6. The van der Waals surface area contributed by atoms with Crippen molar-refractivity contribution < 1.29 is 31.1 Å². The van der Waals surface area contributed by atoms with Crippen molar-refractivity contribution in [3.8, 4) is 11.6 Å². The summed E-state index contributed by atoms with van der Waals surface area (Å²) in [6.07, 6.45) is -8.56. The predicted octanol–water partition coefficient (Wildman–Crippen LogP) is 4.25. The molecule has 21 heavy (non-hydrogen) atoms. The van der Waals surface area contributed by atoms with E-state index in [-0.39, 0.29) is 11.9 Å². The normalized spacial score (nSPS) is 12.5. The lowest BCUT2D eigenvalue weighted by atomic mass is 10.1. The molecule has 0 fully saturated rings. The number of benzene rings is 1. The molecule has 2 rings (SSSR count). The van der Waals surface area contributed by atoms with E-state index >= 15 is 0 Å². The third-order valence-corrected chi connectivity index (χ3v) is 2.60. The molecule has 0 bridgehead atoms. The maximum atomic E-state index is 12.9. The molecule has 0 aliphatic carbocycles. The minimum absolute atomic E-state index is 0.0195. The zero-order valence-electron chi connectivity index (χ0n) is 10.5. The fraction of sp³-hybridized carbons (Fsp3) is 0.250. The van der Waals surface area contributed by atoms with Gasteiger partial charge in [0.2, 0.25) is 5.88 Å². The van der Waals surface area contributed by atoms with Crippen LogP contribution in [0.3, 0.4) is 0 Å². The van der Waals surface area contributed by atoms with Crippen molar-refractivity contribution in [2.75, 3.05) is 0 Å². The Balaban J connectivity index is 2.48. The van der Waals surface area contributed by atoms with Gasteiger partial charge in [-0.05, 0) is 18.2 Å². The van der Waals surface area contributed by atoms with Crippen LogP contribution in [0.5, 0.6) is 11.6 Å². The molecule has 0 aliphatic heterocycles. The van der Waals surface area contributed by atoms with Crippen LogP contribution in [0, 0.1) is 0 Å². The van der Waals surface area contributed by atoms with Gasteiger partial charge in [0.05, 0.1) is 17.3 Å². The maximum absolute atomic E-state index is 12.9. The summed E-state index contributed by atoms with van der Waals surface area (Å²) in [5.41, 5.74) is -2.90. The summed E-state index contributed by atoms with van der Waals surface area (Å²) in [4.78, 5) is 0. The Morgan fingerprint density at radius 1 is 1.00 bits per heavy atom. The summed E-state index contributed by atoms with van der Waals surface area (Å²) in [5, 5.41) is 3.69. The zero-order valence-corrected chi connectivity index (χ0v) is 10.5. The molecule has 1 aromatic heterocycles. The van der Waals surface area contributed by atoms with Crippen LogP contribution in [-0.4, -0.2) is 9.78 Å². The summed E-state index contributed by atoms with van der Waals surface area (Å²) < 4.78 is 82.3. The molecule has 9 heteroatoms. The Hall–Kier alpha value is -2.19. The van der Waals surface area contributed by atoms with Crippen LogP contribution in [0.25, 0.3) is 0 Å². The van der Waals surface area contributed by atoms with Crippen molar-refractivity contribution in [2.24, 2.45) is 7.05 Å². The average Bonchev–Trinajstić information content (AvgIpc) is 2.73. The molecular formula is C12H8F6N2O. The molecule has 0 aliphatic rings. The van der Waals surface area contributed by atoms with Crippen molar-refractivity contribution in [2.45, 2.75) is 12.4 Å². The van der Waals surface area contributed by atoms with Gasteiger partial charge in [-0.25, -0.2) is 4.68 Å². The molecule has 0 unspecified atom stereocenters. The van der Waals surface area contributed by atoms with Gasteiger partial charge in [-0.15, -0.1) is 0 Å². The summed E-state index contributed by atoms with van der Waals surface area (Å²) in [5.74, 6) is -0.751. The van der Waals surface area contributed by atoms with Crippen molar-refractivity contribution in [1.82, 2.24) is 9.78 Å². The Morgan fingerprint density at radius 3 is 2.14 bits per heavy atom. The molecule has 1 heterocycles. The molecule has 114 valence electrons. The molecule has 2 aromatic rings. The third-order valence-electron chi connectivity index (χ3n) is 2.60. The van der Waals surface area contributed by atoms with Crippen LogP contribution in [0.1, 0.15) is 11.1 Å². The van der Waals surface area contributed by atoms with E-state index in [4.69, 9.17) is 4.74 Å². The number of hydrogen-bond acceptors (Lipinski definition) is 2. The molecule has 0 saturated heterocycles. The second-order valence-corrected chi connectivity index (χ2v) is 4.10. The molecule has 0 amide bonds. The highest BCUT2D eigenvalue weighted by Gasteiger charge is 2.39. The zero-order chi connectivity index (χ0) is 15.8. The van der Waals surface area contributed by atoms with Gasteiger partial charge in [-0.2, -0.15) is 31.4 Å². The standard InChI is InChI=1S/C12H8F6N2O/c1-20-10(4-5-19-20)21-9-3-2-7(11(13,14)15)6-8(9)12(16,17)18/h2-6H,1H3. The van der Waals surface area contributed by atoms with Gasteiger partial charge in [0.15, 0.2) is 0 Å². The summed E-state index contributed by atoms with van der Waals surface area (Å²) >= 11 is 0. The number of ether oxygens (including phenoxy) is 1. The van der Waals surface area contributed by atoms with Crippen LogP contribution in [0.2, 0.25) is 0 Å². The SMILES string of the molecule is Cn1nccc1Oc1ccc(C(F)(F)F)cc1C(F)(F)F. The second-order valence-electron chi connectivity index (χ2n) is 4.10. The molecule has 0 spiro atoms. The number of aryl methyl sites for hydroxylation is 1. The Labute approximate surface area is 114 Å². The highest BCUT2D eigenvalue weighted by atomic mass is 19.4. The number of aromatic nitrogens is 2. The Bertz CT molecular complexity index is 644. The molecule has 0 N–H and O–H groups in total. The van der Waals surface area contributed by atoms with E-state index in [1.54, 1.807) is 0 Å². The van der Waals surface area contributed by atoms with Gasteiger partial charge in [-0.3, -0.25) is 0 Å². The lowest BCUT2D eigenvalue weighted by molar-refractivity contribution is -0.143. The van der Waals surface area contributed by atoms with Gasteiger partial charge in [-0.1, -0.05) is 0 Å². The fourth-order valence-electron chi connectivity index (χ4n) is 1.59. The van der Waals surface area contributed by atoms with Crippen LogP contribution in [0.4, 0.5) is 26.3 Å². The van der Waals surface area contributed by atoms with Crippen LogP contribution >= 0.6 is 0 Å². The minimum atomic E-state index is -4.98. The first-order chi connectivity index (χ1) is 9.59. The summed E-state index contributed by atoms with van der Waals surface area (Å²) in [7, 11) is 1.42. The predicted molar refractivity (Wildman–Crippen MR) is 59.7 cm³/mol. The van der Waals surface area contributed by atoms with Crippen LogP contribution in [-0.2, 0) is 19.4 Å². The van der Waals surface area contributed by atoms with Crippen molar-refractivity contribution >= 4 is 0 Å². The number of nitrogens with zero attached hydrogens (tertiary/aromatic N) is 2. The smallest absolute Gasteiger partial charge is 0.420 e. The van der Waals surface area contributed by atoms with E-state index < -0.39 is 29.2 Å². The van der Waals surface area contributed by atoms with E-state index in [2.05, 4.69) is 5.10 Å². The monoisotopic (exact) mass is 310 g/mol. The van der Waals surface area contributed by atoms with E-state index in [0.717, 1.165) is 4.68 Å². The van der Waals surface area contributed by atoms with Crippen LogP contribution < -0.4 is 4.74 Å². The highest BCUT2D eigenvalue weighted by molar-refractivity contribution is 5.42. The average molecular weight is 310 g/mol. The van der Waals surface area contributed by atoms with Crippen molar-refractivity contribution in [3.05, 3.63) is 41.6 Å². The minimum Gasteiger partial charge on any atom is -0.439 e. The molecule has 0 atom stereocenters. The third kappa shape index (κ3) is 3.29. The summed E-state index contributed by atoms with van der Waals surface area (Å²) in [6.45, 7) is 0. The molecule has 0 radical (unpaired) electrons. The van der Waals surface area contributed by atoms with Crippen LogP contribution in [0.15, 0.2) is 30.5 Å². The lowest BCUT2D eigenvalue weighted by Crippen LogP contribution is -2.12. The van der Waals surface area contributed by atoms with Gasteiger partial charge in [0.1, 0.15) is 5.75 Å². The molecule has 0 saturated carbocycles. The highest BCUT2D eigenvalue weighted by Crippen LogP contribution is 2.41. The van der Waals surface area contributed by atoms with E-state index in [1.807, 2.05) is 0 Å². The molecule has 3 nitrogen and oxygen atoms in total. The van der Waals surface area contributed by atoms with Gasteiger partial charge in [0.25, 0.3) is 0 Å². The quantitative estimate of drug-likeness (QED) is 0.775. The van der Waals surface area contributed by atoms with E-state index in [9.17, 15) is 26.3 Å². The first kappa shape index (κ1) is 15.2. The number of halogens is 6. The van der Waals surface area contributed by atoms with Gasteiger partial charge in [0, 0.05) is 13.1 Å². The Morgan fingerprint density at radius 2 is 1.67 bits per heavy atom. The number of rotatable bonds is 2. The number of hydrogen-bond donors (Lipinski definition) is 0. The van der Waals surface area contributed by atoms with Crippen molar-refractivity contribution in [1.29, 1.82) is 0 Å². The van der Waals surface area contributed by atoms with Crippen molar-refractivity contribution in [3.63, 3.8) is 0 Å². The van der Waals surface area contributed by atoms with E-state index in [0.29, 0.717) is 12.1 Å². The largest absolute Gasteiger partial charge is 0.439 e. The maximum Gasteiger partial charge on any atom is 0.420 e. The first-order valence-corrected chi connectivity index (χ1v) is 5.53. The first-order valence-electron chi connectivity index (χ1n) is 5.53. The van der Waals surface area contributed by atoms with Gasteiger partial charge < -0.3 is 4.74 Å². The topological polar surface area (TPSA) is 27.1 Å². The Kier molecular flexibility index (Phi) is 3.60. The second kappa shape index (κ2) is 4.97. The lowest BCUT2D eigenvalue weighted by Gasteiger charge is -2.16. The van der Waals surface area contributed by atoms with Gasteiger partial charge >= 0.3 is 12.4 Å². The molecule has 1 aromatic carbocycles. The summed E-state index contributed by atoms with van der Waals surface area (Å²) in [6, 6.07) is 2.48. The van der Waals surface area contributed by atoms with E-state index in [1.165, 1.54) is 19.3 Å².